The van der Waals surface area contributed by atoms with Crippen molar-refractivity contribution in [1.82, 2.24) is 9.47 Å². The Morgan fingerprint density at radius 3 is 2.26 bits per heavy atom. The fraction of sp³-hybridized carbons (Fsp3) is 0.200. The van der Waals surface area contributed by atoms with Crippen LogP contribution in [0.15, 0.2) is 91.1 Å². The minimum absolute atomic E-state index is 0.0247. The molecule has 8 nitrogen and oxygen atoms in total. The predicted molar refractivity (Wildman–Crippen MR) is 143 cm³/mol. The van der Waals surface area contributed by atoms with E-state index in [2.05, 4.69) is 4.57 Å². The van der Waals surface area contributed by atoms with E-state index in [1.807, 2.05) is 78.7 Å². The van der Waals surface area contributed by atoms with Crippen LogP contribution in [-0.4, -0.2) is 38.8 Å². The number of nitro groups is 1. The number of para-hydroxylation sites is 2. The molecule has 0 spiro atoms. The summed E-state index contributed by atoms with van der Waals surface area (Å²) in [6.45, 7) is 1.95. The van der Waals surface area contributed by atoms with Gasteiger partial charge >= 0.3 is 0 Å². The third-order valence-corrected chi connectivity index (χ3v) is 7.26. The summed E-state index contributed by atoms with van der Waals surface area (Å²) in [6.07, 6.45) is 3.66. The molecule has 190 valence electrons. The summed E-state index contributed by atoms with van der Waals surface area (Å²) in [6, 6.07) is 25.2. The molecule has 1 atom stereocenters. The van der Waals surface area contributed by atoms with Gasteiger partial charge in [-0.25, -0.2) is 0 Å². The van der Waals surface area contributed by atoms with Crippen molar-refractivity contribution in [3.8, 4) is 5.69 Å². The number of aryl methyl sites for hydroxylation is 1. The lowest BCUT2D eigenvalue weighted by Gasteiger charge is -2.39. The van der Waals surface area contributed by atoms with Crippen LogP contribution in [0.5, 0.6) is 0 Å². The standard InChI is InChI=1S/C30H26N4O4/c1-20-8-10-21(11-9-20)29-27-7-4-18-31(27)25-5-2-3-6-26(25)33(29)28(35)19-32(23-16-17-23)30(36)22-12-14-24(15-13-22)34(37)38/h2-15,18,23,29H,16-17,19H2,1H3. The summed E-state index contributed by atoms with van der Waals surface area (Å²) in [4.78, 5) is 41.7. The molecule has 38 heavy (non-hydrogen) atoms. The van der Waals surface area contributed by atoms with Crippen LogP contribution < -0.4 is 4.90 Å². The van der Waals surface area contributed by atoms with Gasteiger partial charge in [-0.15, -0.1) is 0 Å². The first-order chi connectivity index (χ1) is 18.4. The maximum Gasteiger partial charge on any atom is 0.269 e. The highest BCUT2D eigenvalue weighted by Crippen LogP contribution is 2.42. The van der Waals surface area contributed by atoms with Crippen LogP contribution in [0.1, 0.15) is 46.1 Å². The van der Waals surface area contributed by atoms with Crippen LogP contribution >= 0.6 is 0 Å². The number of rotatable bonds is 6. The number of nitrogens with zero attached hydrogens (tertiary/aromatic N) is 4. The number of nitro benzene ring substituents is 1. The lowest BCUT2D eigenvalue weighted by atomic mass is 9.97. The summed E-state index contributed by atoms with van der Waals surface area (Å²) in [5.41, 5.74) is 5.03. The summed E-state index contributed by atoms with van der Waals surface area (Å²) < 4.78 is 2.12. The Bertz CT molecular complexity index is 1540. The van der Waals surface area contributed by atoms with E-state index in [9.17, 15) is 19.7 Å². The number of aromatic nitrogens is 1. The van der Waals surface area contributed by atoms with Gasteiger partial charge in [0.2, 0.25) is 5.91 Å². The smallest absolute Gasteiger partial charge is 0.269 e. The van der Waals surface area contributed by atoms with Gasteiger partial charge in [-0.1, -0.05) is 42.0 Å². The van der Waals surface area contributed by atoms with Crippen molar-refractivity contribution in [1.29, 1.82) is 0 Å². The molecule has 0 saturated heterocycles. The lowest BCUT2D eigenvalue weighted by molar-refractivity contribution is -0.384. The Balaban J connectivity index is 1.37. The molecule has 6 rings (SSSR count). The minimum Gasteiger partial charge on any atom is -0.326 e. The molecule has 0 N–H and O–H groups in total. The number of anilines is 1. The first-order valence-electron chi connectivity index (χ1n) is 12.6. The first kappa shape index (κ1) is 23.7. The van der Waals surface area contributed by atoms with Gasteiger partial charge < -0.3 is 9.47 Å². The van der Waals surface area contributed by atoms with Gasteiger partial charge in [-0.2, -0.15) is 0 Å². The molecule has 2 amide bonds. The van der Waals surface area contributed by atoms with E-state index in [4.69, 9.17) is 0 Å². The zero-order valence-electron chi connectivity index (χ0n) is 20.9. The van der Waals surface area contributed by atoms with Gasteiger partial charge in [-0.05, 0) is 61.7 Å². The van der Waals surface area contributed by atoms with Crippen LogP contribution in [0, 0.1) is 17.0 Å². The highest BCUT2D eigenvalue weighted by Gasteiger charge is 2.40. The SMILES string of the molecule is Cc1ccc(C2c3cccn3-c3ccccc3N2C(=O)CN(C(=O)c2ccc([N+](=O)[O-])cc2)C2CC2)cc1. The quantitative estimate of drug-likeness (QED) is 0.258. The highest BCUT2D eigenvalue weighted by molar-refractivity contribution is 6.03. The fourth-order valence-corrected chi connectivity index (χ4v) is 5.19. The average molecular weight is 507 g/mol. The van der Waals surface area contributed by atoms with E-state index in [-0.39, 0.29) is 36.1 Å². The van der Waals surface area contributed by atoms with Gasteiger partial charge in [0.05, 0.1) is 22.0 Å². The van der Waals surface area contributed by atoms with E-state index in [0.717, 1.165) is 41.0 Å². The minimum atomic E-state index is -0.495. The van der Waals surface area contributed by atoms with E-state index in [1.54, 1.807) is 4.90 Å². The molecule has 1 unspecified atom stereocenters. The molecule has 8 heteroatoms. The van der Waals surface area contributed by atoms with Gasteiger partial charge in [0, 0.05) is 29.9 Å². The number of fused-ring (bicyclic) bond motifs is 3. The molecule has 1 aliphatic carbocycles. The maximum atomic E-state index is 14.2. The number of carbonyl (C=O) groups is 2. The lowest BCUT2D eigenvalue weighted by Crippen LogP contribution is -2.47. The second-order valence-electron chi connectivity index (χ2n) is 9.84. The maximum absolute atomic E-state index is 14.2. The molecule has 0 radical (unpaired) electrons. The van der Waals surface area contributed by atoms with Crippen LogP contribution in [0.2, 0.25) is 0 Å². The summed E-state index contributed by atoms with van der Waals surface area (Å²) in [5.74, 6) is -0.478. The van der Waals surface area contributed by atoms with E-state index >= 15 is 0 Å². The molecule has 1 aliphatic heterocycles. The number of amides is 2. The van der Waals surface area contributed by atoms with Crippen LogP contribution in [0.3, 0.4) is 0 Å². The second kappa shape index (κ2) is 9.30. The summed E-state index contributed by atoms with van der Waals surface area (Å²) in [5, 5.41) is 11.0. The van der Waals surface area contributed by atoms with Crippen LogP contribution in [0.25, 0.3) is 5.69 Å². The molecular weight excluding hydrogens is 480 g/mol. The van der Waals surface area contributed by atoms with Gasteiger partial charge in [-0.3, -0.25) is 24.6 Å². The van der Waals surface area contributed by atoms with Crippen molar-refractivity contribution in [3.63, 3.8) is 0 Å². The topological polar surface area (TPSA) is 88.7 Å². The first-order valence-corrected chi connectivity index (χ1v) is 12.6. The fourth-order valence-electron chi connectivity index (χ4n) is 5.19. The number of non-ortho nitro benzene ring substituents is 1. The van der Waals surface area contributed by atoms with Crippen molar-refractivity contribution in [3.05, 3.63) is 124 Å². The zero-order valence-corrected chi connectivity index (χ0v) is 20.9. The summed E-state index contributed by atoms with van der Waals surface area (Å²) >= 11 is 0. The Hall–Kier alpha value is -4.72. The number of carbonyl (C=O) groups excluding carboxylic acids is 2. The van der Waals surface area contributed by atoms with Crippen molar-refractivity contribution in [2.24, 2.45) is 0 Å². The average Bonchev–Trinajstić information content (AvgIpc) is 3.66. The zero-order chi connectivity index (χ0) is 26.4. The molecule has 2 aliphatic rings. The van der Waals surface area contributed by atoms with Gasteiger partial charge in [0.15, 0.2) is 0 Å². The molecule has 1 aromatic heterocycles. The normalized spacial score (nSPS) is 15.9. The Morgan fingerprint density at radius 1 is 0.921 bits per heavy atom. The second-order valence-corrected chi connectivity index (χ2v) is 9.84. The van der Waals surface area contributed by atoms with Crippen LogP contribution in [-0.2, 0) is 4.79 Å². The Kier molecular flexibility index (Phi) is 5.79. The Morgan fingerprint density at radius 2 is 1.61 bits per heavy atom. The molecule has 1 fully saturated rings. The Labute approximate surface area is 219 Å². The van der Waals surface area contributed by atoms with Crippen LogP contribution in [0.4, 0.5) is 11.4 Å². The van der Waals surface area contributed by atoms with Crippen molar-refractivity contribution in [2.75, 3.05) is 11.4 Å². The van der Waals surface area contributed by atoms with Crippen molar-refractivity contribution >= 4 is 23.2 Å². The number of hydrogen-bond donors (Lipinski definition) is 0. The van der Waals surface area contributed by atoms with Crippen molar-refractivity contribution in [2.45, 2.75) is 31.8 Å². The highest BCUT2D eigenvalue weighted by atomic mass is 16.6. The number of hydrogen-bond acceptors (Lipinski definition) is 4. The number of benzene rings is 3. The van der Waals surface area contributed by atoms with Gasteiger partial charge in [0.25, 0.3) is 11.6 Å². The summed E-state index contributed by atoms with van der Waals surface area (Å²) in [7, 11) is 0. The molecular formula is C30H26N4O4. The van der Waals surface area contributed by atoms with E-state index in [1.165, 1.54) is 24.3 Å². The van der Waals surface area contributed by atoms with Crippen molar-refractivity contribution < 1.29 is 14.5 Å². The molecule has 0 bridgehead atoms. The predicted octanol–water partition coefficient (Wildman–Crippen LogP) is 5.43. The largest absolute Gasteiger partial charge is 0.326 e. The van der Waals surface area contributed by atoms with E-state index in [0.29, 0.717) is 5.56 Å². The monoisotopic (exact) mass is 506 g/mol. The molecule has 3 aromatic carbocycles. The molecule has 4 aromatic rings. The van der Waals surface area contributed by atoms with E-state index < -0.39 is 4.92 Å². The molecule has 2 heterocycles. The third-order valence-electron chi connectivity index (χ3n) is 7.26. The van der Waals surface area contributed by atoms with Gasteiger partial charge in [0.1, 0.15) is 12.6 Å². The third kappa shape index (κ3) is 4.14. The molecule has 1 saturated carbocycles.